The summed E-state index contributed by atoms with van der Waals surface area (Å²) in [6.45, 7) is 1.19. The molecule has 0 saturated heterocycles. The van der Waals surface area contributed by atoms with Crippen LogP contribution in [0.1, 0.15) is 35.3 Å². The zero-order valence-electron chi connectivity index (χ0n) is 20.6. The molecule has 0 aliphatic carbocycles. The number of halogens is 4. The number of hydrogen-bond donors (Lipinski definition) is 2. The van der Waals surface area contributed by atoms with Crippen LogP contribution in [0.2, 0.25) is 5.02 Å². The van der Waals surface area contributed by atoms with Gasteiger partial charge in [-0.25, -0.2) is 9.80 Å². The normalized spacial score (nSPS) is 16.3. The van der Waals surface area contributed by atoms with E-state index in [1.54, 1.807) is 24.3 Å². The van der Waals surface area contributed by atoms with E-state index in [0.29, 0.717) is 34.9 Å². The molecule has 4 rings (SSSR count). The van der Waals surface area contributed by atoms with E-state index in [1.807, 2.05) is 22.8 Å². The molecular formula is C25H21ClF3N5O4S2. The van der Waals surface area contributed by atoms with Gasteiger partial charge in [0.1, 0.15) is 0 Å². The molecule has 1 atom stereocenters. The van der Waals surface area contributed by atoms with Crippen LogP contribution in [0.4, 0.5) is 18.0 Å². The van der Waals surface area contributed by atoms with Crippen LogP contribution in [0.5, 0.6) is 0 Å². The van der Waals surface area contributed by atoms with Gasteiger partial charge in [-0.2, -0.15) is 26.7 Å². The highest BCUT2D eigenvalue weighted by molar-refractivity contribution is 7.90. The third-order valence-corrected chi connectivity index (χ3v) is 8.18. The summed E-state index contributed by atoms with van der Waals surface area (Å²) in [5.41, 5.74) is 0.187. The van der Waals surface area contributed by atoms with Gasteiger partial charge in [-0.3, -0.25) is 15.4 Å². The average Bonchev–Trinajstić information content (AvgIpc) is 3.42. The number of imide groups is 1. The lowest BCUT2D eigenvalue weighted by atomic mass is 9.91. The number of nitrogens with zero attached hydrogens (tertiary/aromatic N) is 3. The average molecular weight is 612 g/mol. The van der Waals surface area contributed by atoms with Gasteiger partial charge in [-0.05, 0) is 59.8 Å². The van der Waals surface area contributed by atoms with Gasteiger partial charge in [0.05, 0.1) is 16.2 Å². The standard InChI is InChI=1S/C25H21ClF3N5O4S2/c1-15(35)30-24(36)31-23(33-40(37,38)19-10-6-17(7-11-19)25(27,28)29)34-13-12-20(21-3-2-14-39-21)22(32-34)16-4-8-18(26)9-5-16/h2-11,14,20H,12-13H2,1H3,(H2,30,31,33,35,36)/t20-/m0/s1. The predicted octanol–water partition coefficient (Wildman–Crippen LogP) is 5.20. The fourth-order valence-corrected chi connectivity index (χ4v) is 5.79. The van der Waals surface area contributed by atoms with Crippen LogP contribution in [0, 0.1) is 0 Å². The topological polar surface area (TPSA) is 120 Å². The highest BCUT2D eigenvalue weighted by Crippen LogP contribution is 2.33. The van der Waals surface area contributed by atoms with E-state index in [-0.39, 0.29) is 12.5 Å². The van der Waals surface area contributed by atoms with Crippen molar-refractivity contribution < 1.29 is 31.2 Å². The van der Waals surface area contributed by atoms with Gasteiger partial charge >= 0.3 is 12.2 Å². The maximum atomic E-state index is 13.1. The maximum absolute atomic E-state index is 13.1. The summed E-state index contributed by atoms with van der Waals surface area (Å²) in [5, 5.41) is 12.4. The van der Waals surface area contributed by atoms with Gasteiger partial charge in [-0.1, -0.05) is 29.8 Å². The molecule has 2 aromatic carbocycles. The number of rotatable bonds is 4. The minimum absolute atomic E-state index is 0.112. The van der Waals surface area contributed by atoms with E-state index in [2.05, 4.69) is 14.8 Å². The van der Waals surface area contributed by atoms with Gasteiger partial charge in [-0.15, -0.1) is 15.7 Å². The largest absolute Gasteiger partial charge is 0.416 e. The van der Waals surface area contributed by atoms with Crippen molar-refractivity contribution in [2.75, 3.05) is 6.54 Å². The Kier molecular flexibility index (Phi) is 8.61. The monoisotopic (exact) mass is 611 g/mol. The number of benzene rings is 2. The molecular weight excluding hydrogens is 591 g/mol. The first-order chi connectivity index (χ1) is 18.8. The fraction of sp³-hybridized carbons (Fsp3) is 0.200. The molecule has 0 radical (unpaired) electrons. The quantitative estimate of drug-likeness (QED) is 0.310. The van der Waals surface area contributed by atoms with Crippen molar-refractivity contribution in [1.82, 2.24) is 15.6 Å². The molecule has 15 heteroatoms. The lowest BCUT2D eigenvalue weighted by molar-refractivity contribution is -0.137. The van der Waals surface area contributed by atoms with Crippen molar-refractivity contribution in [3.8, 4) is 0 Å². The summed E-state index contributed by atoms with van der Waals surface area (Å²) in [7, 11) is -4.62. The number of hydrogen-bond acceptors (Lipinski definition) is 6. The zero-order valence-corrected chi connectivity index (χ0v) is 23.0. The van der Waals surface area contributed by atoms with Crippen LogP contribution < -0.4 is 10.6 Å². The molecule has 0 spiro atoms. The maximum Gasteiger partial charge on any atom is 0.416 e. The molecule has 1 aromatic heterocycles. The summed E-state index contributed by atoms with van der Waals surface area (Å²) in [6.07, 6.45) is -4.22. The number of guanidine groups is 1. The van der Waals surface area contributed by atoms with Crippen LogP contribution in [-0.4, -0.2) is 43.6 Å². The van der Waals surface area contributed by atoms with Crippen LogP contribution >= 0.6 is 22.9 Å². The third kappa shape index (κ3) is 7.06. The second-order valence-electron chi connectivity index (χ2n) is 8.52. The first-order valence-electron chi connectivity index (χ1n) is 11.6. The number of sulfonamides is 1. The Morgan fingerprint density at radius 2 is 1.75 bits per heavy atom. The highest BCUT2D eigenvalue weighted by Gasteiger charge is 2.32. The van der Waals surface area contributed by atoms with Crippen LogP contribution in [0.3, 0.4) is 0 Å². The number of urea groups is 1. The molecule has 9 nitrogen and oxygen atoms in total. The Morgan fingerprint density at radius 3 is 2.33 bits per heavy atom. The Bertz CT molecular complexity index is 1560. The Labute approximate surface area is 236 Å². The minimum atomic E-state index is -4.66. The van der Waals surface area contributed by atoms with E-state index in [1.165, 1.54) is 11.3 Å². The number of carbonyl (C=O) groups is 2. The predicted molar refractivity (Wildman–Crippen MR) is 145 cm³/mol. The van der Waals surface area contributed by atoms with Crippen molar-refractivity contribution in [2.45, 2.75) is 30.3 Å². The lowest BCUT2D eigenvalue weighted by Gasteiger charge is -2.31. The molecule has 0 saturated carbocycles. The Morgan fingerprint density at radius 1 is 1.07 bits per heavy atom. The number of hydrazone groups is 1. The summed E-state index contributed by atoms with van der Waals surface area (Å²) in [5.74, 6) is -1.44. The third-order valence-electron chi connectivity index (χ3n) is 5.66. The second kappa shape index (κ2) is 11.8. The molecule has 0 fully saturated rings. The smallest absolute Gasteiger partial charge is 0.278 e. The van der Waals surface area contributed by atoms with Crippen molar-refractivity contribution >= 4 is 56.6 Å². The first kappa shape index (κ1) is 29.2. The molecule has 40 heavy (non-hydrogen) atoms. The lowest BCUT2D eigenvalue weighted by Crippen LogP contribution is -2.49. The van der Waals surface area contributed by atoms with Crippen molar-refractivity contribution in [3.05, 3.63) is 87.1 Å². The van der Waals surface area contributed by atoms with E-state index in [9.17, 15) is 31.2 Å². The Balaban J connectivity index is 1.78. The van der Waals surface area contributed by atoms with Gasteiger partial charge in [0.2, 0.25) is 11.9 Å². The zero-order chi connectivity index (χ0) is 29.1. The summed E-state index contributed by atoms with van der Waals surface area (Å²) < 4.78 is 68.8. The van der Waals surface area contributed by atoms with Gasteiger partial charge in [0.15, 0.2) is 0 Å². The SMILES string of the molecule is CC(=O)NC(=O)NC(=NS(=O)(=O)c1ccc(C(F)(F)F)cc1)N1CC[C@@H](c2cccs2)C(c2ccc(Cl)cc2)=N1. The number of alkyl halides is 3. The number of amides is 3. The number of thiophene rings is 1. The summed E-state index contributed by atoms with van der Waals surface area (Å²) >= 11 is 7.57. The van der Waals surface area contributed by atoms with E-state index in [0.717, 1.165) is 28.9 Å². The second-order valence-corrected chi connectivity index (χ2v) is 11.5. The molecule has 3 amide bonds. The fourth-order valence-electron chi connectivity index (χ4n) is 3.85. The highest BCUT2D eigenvalue weighted by atomic mass is 35.5. The molecule has 2 N–H and O–H groups in total. The molecule has 2 heterocycles. The molecule has 0 bridgehead atoms. The molecule has 3 aromatic rings. The first-order valence-corrected chi connectivity index (χ1v) is 14.3. The summed E-state index contributed by atoms with van der Waals surface area (Å²) in [6, 6.07) is 12.4. The molecule has 1 aliphatic heterocycles. The summed E-state index contributed by atoms with van der Waals surface area (Å²) in [4.78, 5) is 24.3. The van der Waals surface area contributed by atoms with Gasteiger partial charge in [0, 0.05) is 29.3 Å². The number of nitrogens with one attached hydrogen (secondary N) is 2. The number of carbonyl (C=O) groups excluding carboxylic acids is 2. The van der Waals surface area contributed by atoms with Crippen LogP contribution in [-0.2, 0) is 21.0 Å². The van der Waals surface area contributed by atoms with Crippen LogP contribution in [0.25, 0.3) is 0 Å². The molecule has 1 aliphatic rings. The van der Waals surface area contributed by atoms with Crippen molar-refractivity contribution in [1.29, 1.82) is 0 Å². The van der Waals surface area contributed by atoms with Crippen molar-refractivity contribution in [2.24, 2.45) is 9.50 Å². The minimum Gasteiger partial charge on any atom is -0.278 e. The van der Waals surface area contributed by atoms with Crippen LogP contribution in [0.15, 0.2) is 80.4 Å². The molecule has 0 unspecified atom stereocenters. The molecule has 210 valence electrons. The Hall–Kier alpha value is -3.75. The van der Waals surface area contributed by atoms with E-state index in [4.69, 9.17) is 11.6 Å². The van der Waals surface area contributed by atoms with Gasteiger partial charge in [0.25, 0.3) is 10.0 Å². The van der Waals surface area contributed by atoms with Crippen molar-refractivity contribution in [3.63, 3.8) is 0 Å². The van der Waals surface area contributed by atoms with Gasteiger partial charge < -0.3 is 0 Å². The van der Waals surface area contributed by atoms with E-state index < -0.39 is 44.6 Å². The van der Waals surface area contributed by atoms with E-state index >= 15 is 0 Å².